The van der Waals surface area contributed by atoms with E-state index in [0.29, 0.717) is 51.9 Å². The van der Waals surface area contributed by atoms with Crippen molar-refractivity contribution in [1.82, 2.24) is 10.2 Å². The average molecular weight is 527 g/mol. The SMILES string of the molecule is COc1ccc([C@]23Oc4cc(OC)cc(OC)c4[C@]2(O)C2=C(C(=O)N4CCC[C@@H]4N2)[C@@H]3c2ccccc2)cc1. The summed E-state index contributed by atoms with van der Waals surface area (Å²) in [5.41, 5.74) is -0.156. The van der Waals surface area contributed by atoms with Crippen LogP contribution >= 0.6 is 0 Å². The molecule has 0 spiro atoms. The van der Waals surface area contributed by atoms with Gasteiger partial charge in [0.25, 0.3) is 5.91 Å². The fraction of sp³-hybridized carbons (Fsp3) is 0.323. The largest absolute Gasteiger partial charge is 0.497 e. The maximum atomic E-state index is 14.3. The summed E-state index contributed by atoms with van der Waals surface area (Å²) in [6.45, 7) is 0.667. The van der Waals surface area contributed by atoms with Crippen molar-refractivity contribution in [3.63, 3.8) is 0 Å². The fourth-order valence-electron chi connectivity index (χ4n) is 7.05. The van der Waals surface area contributed by atoms with Crippen LogP contribution < -0.4 is 24.3 Å². The monoisotopic (exact) mass is 526 g/mol. The van der Waals surface area contributed by atoms with Gasteiger partial charge in [0.1, 0.15) is 29.2 Å². The molecule has 0 saturated carbocycles. The molecule has 8 nitrogen and oxygen atoms in total. The minimum Gasteiger partial charge on any atom is -0.497 e. The highest BCUT2D eigenvalue weighted by atomic mass is 16.5. The van der Waals surface area contributed by atoms with Crippen LogP contribution in [0.5, 0.6) is 23.0 Å². The van der Waals surface area contributed by atoms with Gasteiger partial charge in [0, 0.05) is 24.2 Å². The summed E-state index contributed by atoms with van der Waals surface area (Å²) in [5.74, 6) is 1.38. The van der Waals surface area contributed by atoms with Gasteiger partial charge in [-0.05, 0) is 30.5 Å². The van der Waals surface area contributed by atoms with E-state index in [4.69, 9.17) is 18.9 Å². The Kier molecular flexibility index (Phi) is 5.16. The first-order valence-electron chi connectivity index (χ1n) is 13.2. The lowest BCUT2D eigenvalue weighted by Crippen LogP contribution is -2.54. The number of rotatable bonds is 5. The summed E-state index contributed by atoms with van der Waals surface area (Å²) in [6.07, 6.45) is 1.50. The maximum Gasteiger partial charge on any atom is 0.254 e. The highest BCUT2D eigenvalue weighted by Gasteiger charge is 2.75. The molecule has 2 N–H and O–H groups in total. The molecule has 0 radical (unpaired) electrons. The van der Waals surface area contributed by atoms with Gasteiger partial charge in [-0.15, -0.1) is 0 Å². The molecule has 1 saturated heterocycles. The van der Waals surface area contributed by atoms with Gasteiger partial charge in [-0.3, -0.25) is 4.79 Å². The summed E-state index contributed by atoms with van der Waals surface area (Å²) in [6, 6.07) is 20.8. The number of carbonyl (C=O) groups is 1. The number of hydrogen-bond donors (Lipinski definition) is 2. The van der Waals surface area contributed by atoms with Crippen LogP contribution in [0.2, 0.25) is 0 Å². The van der Waals surface area contributed by atoms with Gasteiger partial charge in [0.2, 0.25) is 0 Å². The third kappa shape index (κ3) is 2.95. The molecule has 1 aliphatic carbocycles. The van der Waals surface area contributed by atoms with Crippen LogP contribution in [0.4, 0.5) is 0 Å². The molecule has 3 aromatic rings. The molecule has 8 heteroatoms. The lowest BCUT2D eigenvalue weighted by atomic mass is 9.69. The number of fused-ring (bicyclic) bond motifs is 5. The highest BCUT2D eigenvalue weighted by Crippen LogP contribution is 2.70. The molecular weight excluding hydrogens is 496 g/mol. The number of nitrogens with zero attached hydrogens (tertiary/aromatic N) is 1. The quantitative estimate of drug-likeness (QED) is 0.523. The van der Waals surface area contributed by atoms with Gasteiger partial charge < -0.3 is 34.3 Å². The fourth-order valence-corrected chi connectivity index (χ4v) is 7.05. The zero-order valence-corrected chi connectivity index (χ0v) is 22.1. The second-order valence-corrected chi connectivity index (χ2v) is 10.4. The summed E-state index contributed by atoms with van der Waals surface area (Å²) >= 11 is 0. The molecule has 1 fully saturated rings. The molecule has 3 aliphatic heterocycles. The first-order chi connectivity index (χ1) is 19.0. The standard InChI is InChI=1S/C31H30N2O6/c1-36-20-13-11-19(12-14-20)31-26(18-8-5-4-6-9-18)25-28(32-24-10-7-15-33(24)29(25)34)30(31,35)27-22(38-3)16-21(37-2)17-23(27)39-31/h4-6,8-9,11-14,16-17,24,26,32,35H,7,10,15H2,1-3H3/t24-,26+,30+,31-/m1/s1. The van der Waals surface area contributed by atoms with E-state index in [-0.39, 0.29) is 12.1 Å². The van der Waals surface area contributed by atoms with Crippen molar-refractivity contribution < 1.29 is 28.8 Å². The van der Waals surface area contributed by atoms with Crippen LogP contribution in [0.3, 0.4) is 0 Å². The Labute approximate surface area is 226 Å². The molecule has 0 bridgehead atoms. The van der Waals surface area contributed by atoms with E-state index in [1.54, 1.807) is 33.5 Å². The normalized spacial score (nSPS) is 28.2. The summed E-state index contributed by atoms with van der Waals surface area (Å²) in [5, 5.41) is 16.9. The number of benzene rings is 3. The van der Waals surface area contributed by atoms with Gasteiger partial charge in [-0.1, -0.05) is 42.5 Å². The van der Waals surface area contributed by atoms with E-state index in [9.17, 15) is 9.90 Å². The van der Waals surface area contributed by atoms with Crippen LogP contribution in [-0.2, 0) is 16.0 Å². The van der Waals surface area contributed by atoms with Crippen molar-refractivity contribution in [1.29, 1.82) is 0 Å². The van der Waals surface area contributed by atoms with Crippen LogP contribution in [0.1, 0.15) is 35.4 Å². The average Bonchev–Trinajstić information content (AvgIpc) is 3.62. The Morgan fingerprint density at radius 2 is 1.72 bits per heavy atom. The van der Waals surface area contributed by atoms with E-state index < -0.39 is 17.1 Å². The number of methoxy groups -OCH3 is 3. The molecule has 0 unspecified atom stereocenters. The summed E-state index contributed by atoms with van der Waals surface area (Å²) in [7, 11) is 4.75. The second-order valence-electron chi connectivity index (χ2n) is 10.4. The van der Waals surface area contributed by atoms with Crippen molar-refractivity contribution >= 4 is 5.91 Å². The van der Waals surface area contributed by atoms with E-state index >= 15 is 0 Å². The highest BCUT2D eigenvalue weighted by molar-refractivity contribution is 6.00. The van der Waals surface area contributed by atoms with Gasteiger partial charge in [0.05, 0.1) is 44.1 Å². The van der Waals surface area contributed by atoms with Gasteiger partial charge in [-0.2, -0.15) is 0 Å². The Balaban J connectivity index is 1.59. The van der Waals surface area contributed by atoms with Crippen molar-refractivity contribution in [2.24, 2.45) is 0 Å². The third-order valence-corrected chi connectivity index (χ3v) is 8.70. The van der Waals surface area contributed by atoms with Crippen LogP contribution in [-0.4, -0.2) is 50.0 Å². The van der Waals surface area contributed by atoms with Crippen molar-refractivity contribution in [2.75, 3.05) is 27.9 Å². The molecule has 4 aliphatic rings. The van der Waals surface area contributed by atoms with E-state index in [1.165, 1.54) is 0 Å². The number of aliphatic hydroxyl groups is 1. The number of nitrogens with one attached hydrogen (secondary N) is 1. The number of ether oxygens (including phenoxy) is 4. The molecule has 0 aromatic heterocycles. The molecule has 4 atom stereocenters. The zero-order valence-electron chi connectivity index (χ0n) is 22.1. The summed E-state index contributed by atoms with van der Waals surface area (Å²) in [4.78, 5) is 16.2. The number of carbonyl (C=O) groups excluding carboxylic acids is 1. The van der Waals surface area contributed by atoms with E-state index in [2.05, 4.69) is 5.32 Å². The molecular formula is C31H30N2O6. The number of hydrogen-bond acceptors (Lipinski definition) is 7. The molecule has 1 amide bonds. The Hall–Kier alpha value is -4.17. The van der Waals surface area contributed by atoms with Crippen molar-refractivity contribution in [3.8, 4) is 23.0 Å². The van der Waals surface area contributed by atoms with Gasteiger partial charge in [-0.25, -0.2) is 0 Å². The lowest BCUT2D eigenvalue weighted by Gasteiger charge is -2.41. The molecule has 7 rings (SSSR count). The van der Waals surface area contributed by atoms with Crippen molar-refractivity contribution in [3.05, 3.63) is 94.7 Å². The van der Waals surface area contributed by atoms with Gasteiger partial charge in [0.15, 0.2) is 11.2 Å². The second kappa shape index (κ2) is 8.41. The first kappa shape index (κ1) is 23.9. The number of amides is 1. The molecule has 3 heterocycles. The lowest BCUT2D eigenvalue weighted by molar-refractivity contribution is -0.129. The first-order valence-corrected chi connectivity index (χ1v) is 13.2. The Morgan fingerprint density at radius 3 is 2.41 bits per heavy atom. The Morgan fingerprint density at radius 1 is 0.974 bits per heavy atom. The predicted octanol–water partition coefficient (Wildman–Crippen LogP) is 3.79. The Bertz CT molecular complexity index is 1500. The molecule has 39 heavy (non-hydrogen) atoms. The molecule has 200 valence electrons. The van der Waals surface area contributed by atoms with Crippen molar-refractivity contribution in [2.45, 2.75) is 36.1 Å². The minimum absolute atomic E-state index is 0.0755. The van der Waals surface area contributed by atoms with Gasteiger partial charge >= 0.3 is 0 Å². The van der Waals surface area contributed by atoms with E-state index in [0.717, 1.165) is 18.4 Å². The predicted molar refractivity (Wildman–Crippen MR) is 143 cm³/mol. The molecule has 3 aromatic carbocycles. The third-order valence-electron chi connectivity index (χ3n) is 8.70. The van der Waals surface area contributed by atoms with Crippen LogP contribution in [0.15, 0.2) is 78.0 Å². The maximum absolute atomic E-state index is 14.3. The smallest absolute Gasteiger partial charge is 0.254 e. The minimum atomic E-state index is -1.77. The zero-order chi connectivity index (χ0) is 26.9. The topological polar surface area (TPSA) is 89.5 Å². The summed E-state index contributed by atoms with van der Waals surface area (Å²) < 4.78 is 23.8. The van der Waals surface area contributed by atoms with Crippen LogP contribution in [0, 0.1) is 0 Å². The van der Waals surface area contributed by atoms with Crippen LogP contribution in [0.25, 0.3) is 0 Å². The van der Waals surface area contributed by atoms with E-state index in [1.807, 2.05) is 59.5 Å².